The van der Waals surface area contributed by atoms with Crippen molar-refractivity contribution in [1.29, 1.82) is 0 Å². The van der Waals surface area contributed by atoms with Gasteiger partial charge in [-0.3, -0.25) is 4.79 Å². The number of amides is 1. The van der Waals surface area contributed by atoms with Gasteiger partial charge in [0.1, 0.15) is 5.69 Å². The quantitative estimate of drug-likeness (QED) is 0.629. The summed E-state index contributed by atoms with van der Waals surface area (Å²) in [5, 5.41) is 6.52. The highest BCUT2D eigenvalue weighted by atomic mass is 35.5. The standard InChI is InChI=1S/C19H16Cl2N4O/c1-11-6-7-15(12(2)10-11)23-19-22-9-8-16(24-19)18(26)25-17-13(20)4-3-5-14(17)21/h3-10H,1-2H3,(H,25,26)(H,22,23,24). The van der Waals surface area contributed by atoms with Crippen molar-refractivity contribution in [2.75, 3.05) is 10.6 Å². The van der Waals surface area contributed by atoms with Crippen molar-refractivity contribution in [3.8, 4) is 0 Å². The highest BCUT2D eigenvalue weighted by molar-refractivity contribution is 6.40. The predicted molar refractivity (Wildman–Crippen MR) is 106 cm³/mol. The number of aryl methyl sites for hydroxylation is 2. The summed E-state index contributed by atoms with van der Waals surface area (Å²) in [4.78, 5) is 20.9. The molecule has 0 saturated carbocycles. The Balaban J connectivity index is 1.81. The van der Waals surface area contributed by atoms with Gasteiger partial charge in [-0.05, 0) is 43.7 Å². The first-order valence-electron chi connectivity index (χ1n) is 7.87. The molecule has 1 aromatic heterocycles. The maximum Gasteiger partial charge on any atom is 0.274 e. The van der Waals surface area contributed by atoms with E-state index in [-0.39, 0.29) is 5.69 Å². The van der Waals surface area contributed by atoms with Crippen molar-refractivity contribution in [3.05, 3.63) is 75.5 Å². The van der Waals surface area contributed by atoms with E-state index in [1.54, 1.807) is 18.2 Å². The first-order valence-corrected chi connectivity index (χ1v) is 8.62. The zero-order chi connectivity index (χ0) is 18.7. The number of carbonyl (C=O) groups excluding carboxylic acids is 1. The Bertz CT molecular complexity index is 955. The smallest absolute Gasteiger partial charge is 0.274 e. The average Bonchev–Trinajstić information content (AvgIpc) is 2.61. The molecule has 0 saturated heterocycles. The molecule has 2 aromatic carbocycles. The van der Waals surface area contributed by atoms with E-state index in [9.17, 15) is 4.79 Å². The van der Waals surface area contributed by atoms with Gasteiger partial charge >= 0.3 is 0 Å². The van der Waals surface area contributed by atoms with Crippen molar-refractivity contribution in [2.45, 2.75) is 13.8 Å². The second-order valence-corrected chi connectivity index (χ2v) is 6.57. The zero-order valence-corrected chi connectivity index (χ0v) is 15.7. The Morgan fingerprint density at radius 2 is 1.77 bits per heavy atom. The number of hydrogen-bond acceptors (Lipinski definition) is 4. The number of anilines is 3. The molecule has 1 heterocycles. The molecule has 0 aliphatic heterocycles. The van der Waals surface area contributed by atoms with Crippen LogP contribution in [0, 0.1) is 13.8 Å². The topological polar surface area (TPSA) is 66.9 Å². The lowest BCUT2D eigenvalue weighted by molar-refractivity contribution is 0.102. The summed E-state index contributed by atoms with van der Waals surface area (Å²) in [6.45, 7) is 4.02. The van der Waals surface area contributed by atoms with Gasteiger partial charge in [-0.25, -0.2) is 9.97 Å². The summed E-state index contributed by atoms with van der Waals surface area (Å²) in [6.07, 6.45) is 1.52. The van der Waals surface area contributed by atoms with E-state index < -0.39 is 5.91 Å². The first kappa shape index (κ1) is 18.2. The largest absolute Gasteiger partial charge is 0.324 e. The minimum Gasteiger partial charge on any atom is -0.324 e. The van der Waals surface area contributed by atoms with Crippen molar-refractivity contribution >= 4 is 46.4 Å². The van der Waals surface area contributed by atoms with E-state index >= 15 is 0 Å². The number of halogens is 2. The molecular weight excluding hydrogens is 371 g/mol. The number of carbonyl (C=O) groups is 1. The second-order valence-electron chi connectivity index (χ2n) is 5.76. The number of benzene rings is 2. The highest BCUT2D eigenvalue weighted by Crippen LogP contribution is 2.30. The molecule has 7 heteroatoms. The molecule has 0 bridgehead atoms. The molecule has 2 N–H and O–H groups in total. The summed E-state index contributed by atoms with van der Waals surface area (Å²) in [5.41, 5.74) is 3.65. The lowest BCUT2D eigenvalue weighted by Crippen LogP contribution is -2.15. The van der Waals surface area contributed by atoms with Crippen LogP contribution in [-0.4, -0.2) is 15.9 Å². The maximum absolute atomic E-state index is 12.5. The fraction of sp³-hybridized carbons (Fsp3) is 0.105. The van der Waals surface area contributed by atoms with E-state index in [0.29, 0.717) is 21.7 Å². The first-order chi connectivity index (χ1) is 12.4. The van der Waals surface area contributed by atoms with E-state index in [4.69, 9.17) is 23.2 Å². The van der Waals surface area contributed by atoms with Crippen LogP contribution in [0.3, 0.4) is 0 Å². The third-order valence-corrected chi connectivity index (χ3v) is 4.35. The third kappa shape index (κ3) is 4.12. The molecule has 3 rings (SSSR count). The number of hydrogen-bond donors (Lipinski definition) is 2. The van der Waals surface area contributed by atoms with Crippen molar-refractivity contribution < 1.29 is 4.79 Å². The lowest BCUT2D eigenvalue weighted by Gasteiger charge is -2.11. The Kier molecular flexibility index (Phi) is 5.40. The SMILES string of the molecule is Cc1ccc(Nc2nccc(C(=O)Nc3c(Cl)cccc3Cl)n2)c(C)c1. The van der Waals surface area contributed by atoms with Crippen LogP contribution in [0.5, 0.6) is 0 Å². The average molecular weight is 387 g/mol. The van der Waals surface area contributed by atoms with Gasteiger partial charge in [-0.1, -0.05) is 47.0 Å². The van der Waals surface area contributed by atoms with E-state index in [2.05, 4.69) is 26.7 Å². The van der Waals surface area contributed by atoms with Crippen LogP contribution in [0.25, 0.3) is 0 Å². The molecule has 26 heavy (non-hydrogen) atoms. The van der Waals surface area contributed by atoms with Gasteiger partial charge in [-0.15, -0.1) is 0 Å². The molecule has 0 spiro atoms. The fourth-order valence-corrected chi connectivity index (χ4v) is 2.91. The van der Waals surface area contributed by atoms with Crippen LogP contribution < -0.4 is 10.6 Å². The summed E-state index contributed by atoms with van der Waals surface area (Å²) in [5.74, 6) is -0.0964. The maximum atomic E-state index is 12.5. The molecule has 132 valence electrons. The van der Waals surface area contributed by atoms with Gasteiger partial charge in [-0.2, -0.15) is 0 Å². The van der Waals surface area contributed by atoms with Crippen LogP contribution >= 0.6 is 23.2 Å². The molecule has 1 amide bonds. The monoisotopic (exact) mass is 386 g/mol. The van der Waals surface area contributed by atoms with Gasteiger partial charge in [0.05, 0.1) is 15.7 Å². The summed E-state index contributed by atoms with van der Waals surface area (Å²) in [7, 11) is 0. The van der Waals surface area contributed by atoms with Crippen LogP contribution in [-0.2, 0) is 0 Å². The third-order valence-electron chi connectivity index (χ3n) is 3.72. The van der Waals surface area contributed by atoms with Gasteiger partial charge < -0.3 is 10.6 Å². The molecule has 0 aliphatic rings. The van der Waals surface area contributed by atoms with Crippen LogP contribution in [0.2, 0.25) is 10.0 Å². The van der Waals surface area contributed by atoms with E-state index in [1.807, 2.05) is 26.0 Å². The Hall–Kier alpha value is -2.63. The molecule has 3 aromatic rings. The van der Waals surface area contributed by atoms with Gasteiger partial charge in [0.15, 0.2) is 0 Å². The number of aromatic nitrogens is 2. The molecule has 0 aliphatic carbocycles. The molecule has 0 unspecified atom stereocenters. The number of nitrogens with zero attached hydrogens (tertiary/aromatic N) is 2. The summed E-state index contributed by atoms with van der Waals surface area (Å²) >= 11 is 12.2. The number of para-hydroxylation sites is 1. The van der Waals surface area contributed by atoms with Crippen LogP contribution in [0.15, 0.2) is 48.7 Å². The minimum atomic E-state index is -0.425. The van der Waals surface area contributed by atoms with E-state index in [1.165, 1.54) is 17.8 Å². The van der Waals surface area contributed by atoms with Gasteiger partial charge in [0, 0.05) is 11.9 Å². The van der Waals surface area contributed by atoms with Crippen LogP contribution in [0.1, 0.15) is 21.6 Å². The molecule has 0 atom stereocenters. The normalized spacial score (nSPS) is 10.5. The van der Waals surface area contributed by atoms with Crippen molar-refractivity contribution in [2.24, 2.45) is 0 Å². The molecule has 5 nitrogen and oxygen atoms in total. The number of nitrogens with one attached hydrogen (secondary N) is 2. The van der Waals surface area contributed by atoms with Gasteiger partial charge in [0.2, 0.25) is 5.95 Å². The van der Waals surface area contributed by atoms with Crippen molar-refractivity contribution in [3.63, 3.8) is 0 Å². The zero-order valence-electron chi connectivity index (χ0n) is 14.2. The minimum absolute atomic E-state index is 0.197. The highest BCUT2D eigenvalue weighted by Gasteiger charge is 2.13. The molecular formula is C19H16Cl2N4O. The van der Waals surface area contributed by atoms with E-state index in [0.717, 1.165) is 11.3 Å². The predicted octanol–water partition coefficient (Wildman–Crippen LogP) is 5.40. The lowest BCUT2D eigenvalue weighted by atomic mass is 10.1. The molecule has 0 radical (unpaired) electrons. The van der Waals surface area contributed by atoms with Gasteiger partial charge in [0.25, 0.3) is 5.91 Å². The summed E-state index contributed by atoms with van der Waals surface area (Å²) in [6, 6.07) is 12.5. The Morgan fingerprint density at radius 3 is 2.46 bits per heavy atom. The van der Waals surface area contributed by atoms with Crippen molar-refractivity contribution in [1.82, 2.24) is 9.97 Å². The number of rotatable bonds is 4. The van der Waals surface area contributed by atoms with Crippen LogP contribution in [0.4, 0.5) is 17.3 Å². The summed E-state index contributed by atoms with van der Waals surface area (Å²) < 4.78 is 0. The second kappa shape index (κ2) is 7.72. The fourth-order valence-electron chi connectivity index (χ4n) is 2.41. The Labute approximate surface area is 161 Å². The Morgan fingerprint density at radius 1 is 1.04 bits per heavy atom. The molecule has 0 fully saturated rings.